The van der Waals surface area contributed by atoms with Crippen LogP contribution in [0.5, 0.6) is 0 Å². The topological polar surface area (TPSA) is 155 Å². The summed E-state index contributed by atoms with van der Waals surface area (Å²) >= 11 is 6.22. The third-order valence-corrected chi connectivity index (χ3v) is 11.8. The zero-order chi connectivity index (χ0) is 27.8. The molecule has 0 aliphatic carbocycles. The Bertz CT molecular complexity index is 1630. The number of aliphatic carboxylic acids is 2. The van der Waals surface area contributed by atoms with Gasteiger partial charge in [-0.25, -0.2) is 0 Å². The number of aromatic carboxylic acids is 2. The molecule has 5 rings (SSSR count). The van der Waals surface area contributed by atoms with E-state index in [9.17, 15) is 39.6 Å². The summed E-state index contributed by atoms with van der Waals surface area (Å²) in [6, 6.07) is 13.4. The van der Waals surface area contributed by atoms with Crippen molar-refractivity contribution in [2.45, 2.75) is 12.8 Å². The van der Waals surface area contributed by atoms with Crippen molar-refractivity contribution in [1.29, 1.82) is 0 Å². The van der Waals surface area contributed by atoms with Gasteiger partial charge in [0, 0.05) is 39.0 Å². The van der Waals surface area contributed by atoms with Gasteiger partial charge in [-0.1, -0.05) is 0 Å². The third kappa shape index (κ3) is 7.67. The predicted octanol–water partition coefficient (Wildman–Crippen LogP) is -1.35. The molecule has 5 aromatic heterocycles. The molecule has 0 unspecified atom stereocenters. The number of thiophene rings is 5. The summed E-state index contributed by atoms with van der Waals surface area (Å²) in [6.07, 6.45) is -0.436. The van der Waals surface area contributed by atoms with E-state index in [2.05, 4.69) is 0 Å². The van der Waals surface area contributed by atoms with Crippen LogP contribution >= 0.6 is 56.7 Å². The van der Waals surface area contributed by atoms with Gasteiger partial charge in [0.25, 0.3) is 0 Å². The van der Waals surface area contributed by atoms with E-state index in [1.54, 1.807) is 24.3 Å². The van der Waals surface area contributed by atoms with Crippen molar-refractivity contribution >= 4 is 80.6 Å². The fraction of sp³-hybridized carbons (Fsp3) is 0.0769. The smallest absolute Gasteiger partial charge is 0.544 e. The molecule has 198 valence electrons. The van der Waals surface area contributed by atoms with Crippen molar-refractivity contribution in [3.63, 3.8) is 0 Å². The Morgan fingerprint density at radius 2 is 0.902 bits per heavy atom. The minimum Gasteiger partial charge on any atom is -0.544 e. The number of hydrogen-bond donors (Lipinski definition) is 2. The van der Waals surface area contributed by atoms with Gasteiger partial charge in [0.1, 0.15) is 0 Å². The summed E-state index contributed by atoms with van der Waals surface area (Å²) < 4.78 is 0. The van der Waals surface area contributed by atoms with Crippen LogP contribution in [-0.4, -0.2) is 34.1 Å². The molecule has 5 aromatic rings. The van der Waals surface area contributed by atoms with Crippen molar-refractivity contribution in [3.05, 3.63) is 69.4 Å². The Hall–Kier alpha value is -1.62. The first-order valence-corrected chi connectivity index (χ1v) is 15.1. The van der Waals surface area contributed by atoms with Gasteiger partial charge < -0.3 is 30.0 Å². The average molecular weight is 661 g/mol. The Balaban J connectivity index is 0.00000231. The third-order valence-electron chi connectivity index (χ3n) is 5.45. The van der Waals surface area contributed by atoms with E-state index in [0.29, 0.717) is 20.9 Å². The van der Waals surface area contributed by atoms with E-state index in [-0.39, 0.29) is 81.7 Å². The maximum atomic E-state index is 11.6. The first kappa shape index (κ1) is 33.9. The summed E-state index contributed by atoms with van der Waals surface area (Å²) in [6.45, 7) is 0. The number of carboxylic acids is 4. The van der Waals surface area contributed by atoms with E-state index in [1.807, 2.05) is 12.1 Å². The normalized spacial score (nSPS) is 10.5. The van der Waals surface area contributed by atoms with E-state index >= 15 is 0 Å². The van der Waals surface area contributed by atoms with Crippen LogP contribution in [0.2, 0.25) is 0 Å². The van der Waals surface area contributed by atoms with E-state index in [4.69, 9.17) is 0 Å². The molecule has 0 radical (unpaired) electrons. The molecule has 0 fully saturated rings. The Kier molecular flexibility index (Phi) is 11.8. The molecule has 0 saturated carbocycles. The molecule has 5 heterocycles. The number of carbonyl (C=O) groups excluding carboxylic acids is 2. The number of hydrogen-bond acceptors (Lipinski definition) is 11. The van der Waals surface area contributed by atoms with E-state index < -0.39 is 23.9 Å². The van der Waals surface area contributed by atoms with Gasteiger partial charge in [0.05, 0.1) is 34.5 Å². The molecule has 41 heavy (non-hydrogen) atoms. The van der Waals surface area contributed by atoms with Crippen LogP contribution in [0, 0.1) is 0 Å². The molecular formula is C26H14Na2O8S5. The maximum Gasteiger partial charge on any atom is 1.00 e. The second kappa shape index (κ2) is 14.2. The molecule has 0 amide bonds. The Labute approximate surface area is 297 Å². The predicted molar refractivity (Wildman–Crippen MR) is 149 cm³/mol. The Morgan fingerprint density at radius 1 is 0.537 bits per heavy atom. The van der Waals surface area contributed by atoms with E-state index in [1.165, 1.54) is 46.1 Å². The van der Waals surface area contributed by atoms with Gasteiger partial charge in [0.15, 0.2) is 0 Å². The Morgan fingerprint density at radius 3 is 1.22 bits per heavy atom. The van der Waals surface area contributed by atoms with Crippen LogP contribution in [0.1, 0.15) is 30.5 Å². The van der Waals surface area contributed by atoms with Crippen LogP contribution < -0.4 is 69.3 Å². The molecule has 2 N–H and O–H groups in total. The molecule has 0 aliphatic heterocycles. The molecule has 0 aliphatic rings. The maximum absolute atomic E-state index is 11.6. The molecule has 0 atom stereocenters. The second-order valence-electron chi connectivity index (χ2n) is 8.14. The summed E-state index contributed by atoms with van der Waals surface area (Å²) in [5, 5.41) is 41.4. The van der Waals surface area contributed by atoms with Crippen LogP contribution in [0.4, 0.5) is 0 Å². The first-order valence-electron chi connectivity index (χ1n) is 11.0. The molecule has 0 spiro atoms. The van der Waals surface area contributed by atoms with Crippen molar-refractivity contribution in [2.24, 2.45) is 0 Å². The van der Waals surface area contributed by atoms with Gasteiger partial charge in [-0.2, -0.15) is 0 Å². The first-order chi connectivity index (χ1) is 18.6. The summed E-state index contributed by atoms with van der Waals surface area (Å²) in [7, 11) is 0. The number of rotatable bonds is 10. The van der Waals surface area contributed by atoms with Crippen LogP contribution in [0.15, 0.2) is 48.5 Å². The summed E-state index contributed by atoms with van der Waals surface area (Å²) in [5.74, 6) is -4.56. The summed E-state index contributed by atoms with van der Waals surface area (Å²) in [4.78, 5) is 51.6. The molecule has 8 nitrogen and oxygen atoms in total. The minimum absolute atomic E-state index is 0. The average Bonchev–Trinajstić information content (AvgIpc) is 3.67. The fourth-order valence-electron chi connectivity index (χ4n) is 3.85. The molecule has 0 bridgehead atoms. The fourth-order valence-corrected chi connectivity index (χ4v) is 9.35. The molecule has 0 saturated heterocycles. The number of carbonyl (C=O) groups is 4. The standard InChI is InChI=1S/C26H16O8S5.2Na/c27-21(28)9-11-7-19(13-1-5-17(35-13)25(31)32)38-23(11)15-3-4-16(37-15)24-12(10-22(29)30)8-20(39-24)14-2-6-18(36-14)26(33)34;;/h1-8H,9-10H2,(H,27,28)(H,29,30)(H,31,32)(H,33,34);;/q;2*+1/p-2. The van der Waals surface area contributed by atoms with Gasteiger partial charge in [-0.05, 0) is 59.7 Å². The number of carboxylic acid groups (broad SMARTS) is 4. The monoisotopic (exact) mass is 660 g/mol. The van der Waals surface area contributed by atoms with Gasteiger partial charge in [-0.15, -0.1) is 56.7 Å². The second-order valence-corrected chi connectivity index (χ2v) is 13.5. The summed E-state index contributed by atoms with van der Waals surface area (Å²) in [5.41, 5.74) is 1.18. The SMILES string of the molecule is O=C(O)Cc1cc(-c2ccc(C(=O)[O-])s2)sc1-c1ccc(-c2sc(-c3ccc(C(=O)[O-])s3)cc2CC(=O)O)s1.[Na+].[Na+]. The van der Waals surface area contributed by atoms with Crippen LogP contribution in [0.3, 0.4) is 0 Å². The van der Waals surface area contributed by atoms with Gasteiger partial charge >= 0.3 is 71.1 Å². The zero-order valence-electron chi connectivity index (χ0n) is 21.4. The van der Waals surface area contributed by atoms with Crippen molar-refractivity contribution in [3.8, 4) is 39.0 Å². The largest absolute Gasteiger partial charge is 1.00 e. The van der Waals surface area contributed by atoms with E-state index in [0.717, 1.165) is 51.9 Å². The van der Waals surface area contributed by atoms with Gasteiger partial charge in [0.2, 0.25) is 0 Å². The van der Waals surface area contributed by atoms with Crippen LogP contribution in [0.25, 0.3) is 39.0 Å². The molecule has 0 aromatic carbocycles. The zero-order valence-corrected chi connectivity index (χ0v) is 29.5. The van der Waals surface area contributed by atoms with Crippen LogP contribution in [-0.2, 0) is 22.4 Å². The van der Waals surface area contributed by atoms with Crippen molar-refractivity contribution in [2.75, 3.05) is 0 Å². The molecule has 15 heteroatoms. The minimum atomic E-state index is -1.28. The van der Waals surface area contributed by atoms with Crippen molar-refractivity contribution < 1.29 is 98.7 Å². The quantitative estimate of drug-likeness (QED) is 0.175. The van der Waals surface area contributed by atoms with Crippen molar-refractivity contribution in [1.82, 2.24) is 0 Å². The van der Waals surface area contributed by atoms with Gasteiger partial charge in [-0.3, -0.25) is 9.59 Å². The molecular weight excluding hydrogens is 647 g/mol.